The molecule has 1 aliphatic carbocycles. The van der Waals surface area contributed by atoms with Crippen molar-refractivity contribution in [1.29, 1.82) is 0 Å². The van der Waals surface area contributed by atoms with E-state index in [1.165, 1.54) is 0 Å². The maximum Gasteiger partial charge on any atom is 0.227 e. The quantitative estimate of drug-likeness (QED) is 0.829. The van der Waals surface area contributed by atoms with Crippen molar-refractivity contribution in [2.75, 3.05) is 5.32 Å². The summed E-state index contributed by atoms with van der Waals surface area (Å²) in [6.45, 7) is 5.07. The summed E-state index contributed by atoms with van der Waals surface area (Å²) in [6.07, 6.45) is 2.74. The van der Waals surface area contributed by atoms with Gasteiger partial charge in [-0.1, -0.05) is 0 Å². The van der Waals surface area contributed by atoms with Gasteiger partial charge in [0.2, 0.25) is 15.9 Å². The Morgan fingerprint density at radius 2 is 1.88 bits per heavy atom. The standard InChI is InChI=1S/C18H25N3O3S2/c1-18(2,3)26(23,24)21-13-6-4-12(5-7-13)17(22)20-14-8-9-15-16(10-14)25-11-19-15/h8-13,21H,4-7H2,1-3H3,(H,20,22). The van der Waals surface area contributed by atoms with E-state index < -0.39 is 14.8 Å². The Hall–Kier alpha value is -1.51. The van der Waals surface area contributed by atoms with Crippen LogP contribution < -0.4 is 10.0 Å². The zero-order valence-corrected chi connectivity index (χ0v) is 16.9. The number of sulfonamides is 1. The summed E-state index contributed by atoms with van der Waals surface area (Å²) in [5.74, 6) is -0.0754. The van der Waals surface area contributed by atoms with Gasteiger partial charge in [0.05, 0.1) is 20.5 Å². The summed E-state index contributed by atoms with van der Waals surface area (Å²) >= 11 is 1.54. The lowest BCUT2D eigenvalue weighted by molar-refractivity contribution is -0.120. The summed E-state index contributed by atoms with van der Waals surface area (Å²) in [7, 11) is -3.35. The minimum Gasteiger partial charge on any atom is -0.326 e. The first-order chi connectivity index (χ1) is 12.2. The molecule has 1 saturated carbocycles. The first-order valence-corrected chi connectivity index (χ1v) is 11.2. The van der Waals surface area contributed by atoms with Crippen molar-refractivity contribution < 1.29 is 13.2 Å². The summed E-state index contributed by atoms with van der Waals surface area (Å²) in [5, 5.41) is 2.98. The SMILES string of the molecule is CC(C)(C)S(=O)(=O)NC1CCC(C(=O)Nc2ccc3ncsc3c2)CC1. The molecule has 1 aliphatic rings. The Labute approximate surface area is 158 Å². The number of hydrogen-bond acceptors (Lipinski definition) is 5. The van der Waals surface area contributed by atoms with Crippen LogP contribution in [0.25, 0.3) is 10.2 Å². The molecular weight excluding hydrogens is 370 g/mol. The minimum atomic E-state index is -3.35. The summed E-state index contributed by atoms with van der Waals surface area (Å²) in [5.41, 5.74) is 3.50. The molecule has 0 aliphatic heterocycles. The zero-order chi connectivity index (χ0) is 18.9. The summed E-state index contributed by atoms with van der Waals surface area (Å²) in [6, 6.07) is 5.62. The molecule has 0 atom stereocenters. The van der Waals surface area contributed by atoms with Crippen molar-refractivity contribution in [3.63, 3.8) is 0 Å². The van der Waals surface area contributed by atoms with Gasteiger partial charge in [-0.05, 0) is 64.7 Å². The van der Waals surface area contributed by atoms with Gasteiger partial charge in [-0.15, -0.1) is 11.3 Å². The number of benzene rings is 1. The van der Waals surface area contributed by atoms with Crippen LogP contribution in [-0.4, -0.2) is 30.1 Å². The van der Waals surface area contributed by atoms with Gasteiger partial charge in [0.15, 0.2) is 0 Å². The summed E-state index contributed by atoms with van der Waals surface area (Å²) in [4.78, 5) is 16.8. The number of aromatic nitrogens is 1. The third-order valence-electron chi connectivity index (χ3n) is 4.82. The van der Waals surface area contributed by atoms with Gasteiger partial charge < -0.3 is 5.32 Å². The smallest absolute Gasteiger partial charge is 0.227 e. The predicted octanol–water partition coefficient (Wildman–Crippen LogP) is 3.51. The van der Waals surface area contributed by atoms with Gasteiger partial charge >= 0.3 is 0 Å². The highest BCUT2D eigenvalue weighted by atomic mass is 32.2. The highest BCUT2D eigenvalue weighted by molar-refractivity contribution is 7.90. The Morgan fingerprint density at radius 1 is 1.19 bits per heavy atom. The molecule has 6 nitrogen and oxygen atoms in total. The molecule has 0 spiro atoms. The monoisotopic (exact) mass is 395 g/mol. The largest absolute Gasteiger partial charge is 0.326 e. The number of carbonyl (C=O) groups is 1. The molecule has 1 amide bonds. The van der Waals surface area contributed by atoms with Crippen LogP contribution in [0.15, 0.2) is 23.7 Å². The normalized spacial score (nSPS) is 21.7. The van der Waals surface area contributed by atoms with Crippen molar-refractivity contribution in [2.24, 2.45) is 5.92 Å². The molecule has 1 aromatic carbocycles. The van der Waals surface area contributed by atoms with E-state index in [-0.39, 0.29) is 17.9 Å². The zero-order valence-electron chi connectivity index (χ0n) is 15.3. The van der Waals surface area contributed by atoms with Crippen LogP contribution >= 0.6 is 11.3 Å². The second-order valence-corrected chi connectivity index (χ2v) is 11.2. The number of anilines is 1. The molecule has 0 saturated heterocycles. The molecule has 0 unspecified atom stereocenters. The van der Waals surface area contributed by atoms with E-state index in [2.05, 4.69) is 15.0 Å². The Kier molecular flexibility index (Phi) is 5.37. The fraction of sp³-hybridized carbons (Fsp3) is 0.556. The molecular formula is C18H25N3O3S2. The van der Waals surface area contributed by atoms with E-state index in [4.69, 9.17) is 0 Å². The first-order valence-electron chi connectivity index (χ1n) is 8.82. The number of thiazole rings is 1. The Bertz CT molecular complexity index is 892. The number of carbonyl (C=O) groups excluding carboxylic acids is 1. The van der Waals surface area contributed by atoms with E-state index >= 15 is 0 Å². The van der Waals surface area contributed by atoms with Crippen LogP contribution in [0.5, 0.6) is 0 Å². The van der Waals surface area contributed by atoms with Crippen LogP contribution in [0.4, 0.5) is 5.69 Å². The number of fused-ring (bicyclic) bond motifs is 1. The van der Waals surface area contributed by atoms with Gasteiger partial charge in [0, 0.05) is 17.6 Å². The van der Waals surface area contributed by atoms with Gasteiger partial charge in [-0.3, -0.25) is 4.79 Å². The van der Waals surface area contributed by atoms with Crippen LogP contribution in [0.2, 0.25) is 0 Å². The highest BCUT2D eigenvalue weighted by Gasteiger charge is 2.34. The van der Waals surface area contributed by atoms with Crippen molar-refractivity contribution in [3.8, 4) is 0 Å². The molecule has 0 radical (unpaired) electrons. The lowest BCUT2D eigenvalue weighted by Crippen LogP contribution is -2.46. The maximum absolute atomic E-state index is 12.5. The number of rotatable bonds is 4. The molecule has 2 aromatic rings. The number of amides is 1. The molecule has 1 heterocycles. The second kappa shape index (κ2) is 7.25. The van der Waals surface area contributed by atoms with E-state index in [0.717, 1.165) is 15.9 Å². The lowest BCUT2D eigenvalue weighted by Gasteiger charge is -2.30. The second-order valence-electron chi connectivity index (χ2n) is 7.81. The number of nitrogens with one attached hydrogen (secondary N) is 2. The third-order valence-corrected chi connectivity index (χ3v) is 7.87. The number of hydrogen-bond donors (Lipinski definition) is 2. The van der Waals surface area contributed by atoms with Crippen molar-refractivity contribution >= 4 is 43.2 Å². The van der Waals surface area contributed by atoms with Crippen LogP contribution in [0.3, 0.4) is 0 Å². The number of nitrogens with zero attached hydrogens (tertiary/aromatic N) is 1. The van der Waals surface area contributed by atoms with E-state index in [1.807, 2.05) is 18.2 Å². The van der Waals surface area contributed by atoms with Crippen molar-refractivity contribution in [2.45, 2.75) is 57.2 Å². The molecule has 1 aromatic heterocycles. The lowest BCUT2D eigenvalue weighted by atomic mass is 9.86. The Morgan fingerprint density at radius 3 is 2.54 bits per heavy atom. The third kappa shape index (κ3) is 4.24. The maximum atomic E-state index is 12.5. The molecule has 8 heteroatoms. The fourth-order valence-corrected chi connectivity index (χ4v) is 4.79. The Balaban J connectivity index is 1.55. The molecule has 1 fully saturated rings. The molecule has 26 heavy (non-hydrogen) atoms. The van der Waals surface area contributed by atoms with Crippen molar-refractivity contribution in [3.05, 3.63) is 23.7 Å². The van der Waals surface area contributed by atoms with Crippen molar-refractivity contribution in [1.82, 2.24) is 9.71 Å². The molecule has 3 rings (SSSR count). The van der Waals surface area contributed by atoms with E-state index in [1.54, 1.807) is 37.6 Å². The molecule has 2 N–H and O–H groups in total. The van der Waals surface area contributed by atoms with E-state index in [0.29, 0.717) is 25.7 Å². The van der Waals surface area contributed by atoms with Gasteiger partial charge in [-0.2, -0.15) is 0 Å². The van der Waals surface area contributed by atoms with Crippen LogP contribution in [-0.2, 0) is 14.8 Å². The van der Waals surface area contributed by atoms with Gasteiger partial charge in [-0.25, -0.2) is 18.1 Å². The average molecular weight is 396 g/mol. The van der Waals surface area contributed by atoms with Crippen LogP contribution in [0.1, 0.15) is 46.5 Å². The molecule has 142 valence electrons. The first kappa shape index (κ1) is 19.3. The van der Waals surface area contributed by atoms with Crippen LogP contribution in [0, 0.1) is 5.92 Å². The minimum absolute atomic E-state index is 0.00555. The van der Waals surface area contributed by atoms with Gasteiger partial charge in [0.1, 0.15) is 0 Å². The average Bonchev–Trinajstić information content (AvgIpc) is 3.01. The van der Waals surface area contributed by atoms with Gasteiger partial charge in [0.25, 0.3) is 0 Å². The van der Waals surface area contributed by atoms with E-state index in [9.17, 15) is 13.2 Å². The predicted molar refractivity (Wildman–Crippen MR) is 106 cm³/mol. The molecule has 0 bridgehead atoms. The highest BCUT2D eigenvalue weighted by Crippen LogP contribution is 2.28. The summed E-state index contributed by atoms with van der Waals surface area (Å²) < 4.78 is 27.6. The fourth-order valence-electron chi connectivity index (χ4n) is 3.05. The topological polar surface area (TPSA) is 88.2 Å².